The highest BCUT2D eigenvalue weighted by Crippen LogP contribution is 2.25. The summed E-state index contributed by atoms with van der Waals surface area (Å²) >= 11 is 0. The average Bonchev–Trinajstić information content (AvgIpc) is 3.41. The normalized spacial score (nSPS) is 11.1. The summed E-state index contributed by atoms with van der Waals surface area (Å²) in [4.78, 5) is 28.6. The van der Waals surface area contributed by atoms with E-state index >= 15 is 0 Å². The summed E-state index contributed by atoms with van der Waals surface area (Å²) in [5.74, 6) is 1.69. The molecule has 9 heteroatoms. The molecule has 0 aliphatic carbocycles. The van der Waals surface area contributed by atoms with Crippen LogP contribution in [0.1, 0.15) is 0 Å². The second-order valence-electron chi connectivity index (χ2n) is 6.27. The van der Waals surface area contributed by atoms with Gasteiger partial charge < -0.3 is 9.72 Å². The van der Waals surface area contributed by atoms with Gasteiger partial charge in [0.2, 0.25) is 0 Å². The van der Waals surface area contributed by atoms with Crippen LogP contribution in [0.5, 0.6) is 5.75 Å². The highest BCUT2D eigenvalue weighted by molar-refractivity contribution is 5.76. The molecular weight excluding hydrogens is 370 g/mol. The molecule has 0 atom stereocenters. The van der Waals surface area contributed by atoms with Gasteiger partial charge in [0.05, 0.1) is 19.0 Å². The quantitative estimate of drug-likeness (QED) is 0.491. The number of H-pyrrole nitrogens is 2. The third-order valence-electron chi connectivity index (χ3n) is 4.57. The van der Waals surface area contributed by atoms with Crippen molar-refractivity contribution in [1.29, 1.82) is 0 Å². The first-order valence-corrected chi connectivity index (χ1v) is 8.82. The largest absolute Gasteiger partial charge is 0.495 e. The number of hydrogen-bond donors (Lipinski definition) is 2. The highest BCUT2D eigenvalue weighted by Gasteiger charge is 2.15. The molecule has 0 unspecified atom stereocenters. The zero-order valence-corrected chi connectivity index (χ0v) is 15.3. The van der Waals surface area contributed by atoms with Crippen molar-refractivity contribution in [2.45, 2.75) is 0 Å². The number of benzene rings is 2. The monoisotopic (exact) mass is 385 g/mol. The molecule has 0 aliphatic rings. The Morgan fingerprint density at radius 2 is 1.72 bits per heavy atom. The van der Waals surface area contributed by atoms with Gasteiger partial charge in [0.15, 0.2) is 17.3 Å². The Morgan fingerprint density at radius 3 is 2.45 bits per heavy atom. The van der Waals surface area contributed by atoms with Crippen LogP contribution in [0.3, 0.4) is 0 Å². The molecule has 0 fully saturated rings. The molecule has 142 valence electrons. The van der Waals surface area contributed by atoms with Gasteiger partial charge in [-0.05, 0) is 12.1 Å². The minimum absolute atomic E-state index is 0.309. The molecule has 5 rings (SSSR count). The number of rotatable bonds is 4. The Labute approximate surface area is 164 Å². The molecule has 0 aliphatic heterocycles. The molecule has 2 aromatic carbocycles. The number of methoxy groups -OCH3 is 1. The number of fused-ring (bicyclic) bond motifs is 1. The zero-order valence-electron chi connectivity index (χ0n) is 15.3. The van der Waals surface area contributed by atoms with E-state index in [-0.39, 0.29) is 5.69 Å². The van der Waals surface area contributed by atoms with E-state index < -0.39 is 0 Å². The van der Waals surface area contributed by atoms with Crippen LogP contribution in [-0.2, 0) is 0 Å². The maximum Gasteiger partial charge on any atom is 0.332 e. The van der Waals surface area contributed by atoms with Gasteiger partial charge in [-0.15, -0.1) is 0 Å². The van der Waals surface area contributed by atoms with Crippen molar-refractivity contribution in [3.63, 3.8) is 0 Å². The molecule has 3 heterocycles. The predicted molar refractivity (Wildman–Crippen MR) is 107 cm³/mol. The van der Waals surface area contributed by atoms with Crippen LogP contribution < -0.4 is 10.4 Å². The fraction of sp³-hybridized carbons (Fsp3) is 0.0500. The molecule has 0 spiro atoms. The summed E-state index contributed by atoms with van der Waals surface area (Å²) in [6.07, 6.45) is 3.14. The molecule has 3 aromatic heterocycles. The lowest BCUT2D eigenvalue weighted by Crippen LogP contribution is -2.15. The minimum Gasteiger partial charge on any atom is -0.495 e. The van der Waals surface area contributed by atoms with Crippen molar-refractivity contribution >= 4 is 11.2 Å². The first-order chi connectivity index (χ1) is 14.2. The summed E-state index contributed by atoms with van der Waals surface area (Å²) < 4.78 is 6.89. The number of aromatic amines is 2. The van der Waals surface area contributed by atoms with Gasteiger partial charge in [0.1, 0.15) is 17.6 Å². The number of para-hydroxylation sites is 2. The molecule has 9 nitrogen and oxygen atoms in total. The number of hydrogen-bond acceptors (Lipinski definition) is 6. The first-order valence-electron chi connectivity index (χ1n) is 8.82. The fourth-order valence-electron chi connectivity index (χ4n) is 3.19. The third-order valence-corrected chi connectivity index (χ3v) is 4.57. The lowest BCUT2D eigenvalue weighted by molar-refractivity contribution is 0.413. The lowest BCUT2D eigenvalue weighted by Gasteiger charge is -2.09. The number of nitrogens with one attached hydrogen (secondary N) is 2. The van der Waals surface area contributed by atoms with E-state index in [2.05, 4.69) is 30.1 Å². The van der Waals surface area contributed by atoms with Crippen molar-refractivity contribution in [1.82, 2.24) is 34.7 Å². The zero-order chi connectivity index (χ0) is 19.8. The standard InChI is InChI=1S/C20H15N7O2/c1-29-16-5-3-2-4-15(16)27-19-14(24-20(27)28)10-21-17(25-19)12-6-8-13(9-7-12)18-22-11-23-26-18/h2-11H,1H3,(H,24,28)(H,22,23,26). The summed E-state index contributed by atoms with van der Waals surface area (Å²) in [5.41, 5.74) is 3.01. The van der Waals surface area contributed by atoms with Gasteiger partial charge in [0, 0.05) is 11.1 Å². The Morgan fingerprint density at radius 1 is 0.966 bits per heavy atom. The van der Waals surface area contributed by atoms with Gasteiger partial charge in [-0.25, -0.2) is 24.3 Å². The van der Waals surface area contributed by atoms with Gasteiger partial charge in [0.25, 0.3) is 0 Å². The molecule has 0 saturated heterocycles. The van der Waals surface area contributed by atoms with Crippen LogP contribution in [-0.4, -0.2) is 41.8 Å². The van der Waals surface area contributed by atoms with Gasteiger partial charge in [-0.1, -0.05) is 36.4 Å². The van der Waals surface area contributed by atoms with E-state index in [0.29, 0.717) is 34.2 Å². The van der Waals surface area contributed by atoms with E-state index in [1.807, 2.05) is 36.4 Å². The number of nitrogens with zero attached hydrogens (tertiary/aromatic N) is 5. The van der Waals surface area contributed by atoms with E-state index in [1.54, 1.807) is 25.4 Å². The van der Waals surface area contributed by atoms with E-state index in [0.717, 1.165) is 11.1 Å². The van der Waals surface area contributed by atoms with Crippen LogP contribution in [0.25, 0.3) is 39.6 Å². The van der Waals surface area contributed by atoms with Crippen molar-refractivity contribution in [2.75, 3.05) is 7.11 Å². The number of imidazole rings is 1. The van der Waals surface area contributed by atoms with Crippen molar-refractivity contribution in [3.8, 4) is 34.2 Å². The van der Waals surface area contributed by atoms with Gasteiger partial charge >= 0.3 is 5.69 Å². The summed E-state index contributed by atoms with van der Waals surface area (Å²) in [5, 5.41) is 6.77. The topological polar surface area (TPSA) is 114 Å². The molecule has 0 radical (unpaired) electrons. The average molecular weight is 385 g/mol. The van der Waals surface area contributed by atoms with Crippen LogP contribution >= 0.6 is 0 Å². The molecule has 0 amide bonds. The van der Waals surface area contributed by atoms with Crippen molar-refractivity contribution in [3.05, 3.63) is 71.5 Å². The van der Waals surface area contributed by atoms with E-state index in [1.165, 1.54) is 10.9 Å². The summed E-state index contributed by atoms with van der Waals surface area (Å²) in [6.45, 7) is 0. The van der Waals surface area contributed by atoms with Gasteiger partial charge in [-0.2, -0.15) is 5.10 Å². The van der Waals surface area contributed by atoms with Crippen LogP contribution in [0.15, 0.2) is 65.8 Å². The Balaban J connectivity index is 1.63. The Bertz CT molecular complexity index is 1350. The molecule has 2 N–H and O–H groups in total. The number of ether oxygens (including phenoxy) is 1. The van der Waals surface area contributed by atoms with Crippen molar-refractivity contribution < 1.29 is 4.74 Å². The van der Waals surface area contributed by atoms with E-state index in [4.69, 9.17) is 4.74 Å². The molecule has 5 aromatic rings. The molecule has 29 heavy (non-hydrogen) atoms. The second-order valence-corrected chi connectivity index (χ2v) is 6.27. The maximum absolute atomic E-state index is 12.6. The van der Waals surface area contributed by atoms with Gasteiger partial charge in [-0.3, -0.25) is 5.10 Å². The minimum atomic E-state index is -0.309. The SMILES string of the molecule is COc1ccccc1-n1c(=O)[nH]c2cnc(-c3ccc(-c4nc[nH]n4)cc3)nc21. The van der Waals surface area contributed by atoms with E-state index in [9.17, 15) is 4.79 Å². The van der Waals surface area contributed by atoms with Crippen LogP contribution in [0.2, 0.25) is 0 Å². The highest BCUT2D eigenvalue weighted by atomic mass is 16.5. The smallest absolute Gasteiger partial charge is 0.332 e. The number of aromatic nitrogens is 7. The molecule has 0 saturated carbocycles. The Hall–Kier alpha value is -4.27. The van der Waals surface area contributed by atoms with Crippen LogP contribution in [0.4, 0.5) is 0 Å². The predicted octanol–water partition coefficient (Wildman–Crippen LogP) is 2.57. The summed E-state index contributed by atoms with van der Waals surface area (Å²) in [6, 6.07) is 14.9. The summed E-state index contributed by atoms with van der Waals surface area (Å²) in [7, 11) is 1.56. The molecule has 0 bridgehead atoms. The second kappa shape index (κ2) is 6.71. The first kappa shape index (κ1) is 16.9. The lowest BCUT2D eigenvalue weighted by atomic mass is 10.1. The maximum atomic E-state index is 12.6. The van der Waals surface area contributed by atoms with Crippen LogP contribution in [0, 0.1) is 0 Å². The molecular formula is C20H15N7O2. The third kappa shape index (κ3) is 2.85. The fourth-order valence-corrected chi connectivity index (χ4v) is 3.19. The van der Waals surface area contributed by atoms with Crippen molar-refractivity contribution in [2.24, 2.45) is 0 Å². The Kier molecular flexibility index (Phi) is 3.91.